The summed E-state index contributed by atoms with van der Waals surface area (Å²) in [7, 11) is 0. The summed E-state index contributed by atoms with van der Waals surface area (Å²) in [5.74, 6) is -3.63. The molecular formula is C16H18F3N5O. The van der Waals surface area contributed by atoms with Crippen molar-refractivity contribution < 1.29 is 18.3 Å². The van der Waals surface area contributed by atoms with E-state index in [1.807, 2.05) is 19.9 Å². The van der Waals surface area contributed by atoms with E-state index < -0.39 is 30.3 Å². The van der Waals surface area contributed by atoms with Crippen molar-refractivity contribution in [2.24, 2.45) is 0 Å². The van der Waals surface area contributed by atoms with Gasteiger partial charge >= 0.3 is 0 Å². The van der Waals surface area contributed by atoms with Crippen molar-refractivity contribution in [3.05, 3.63) is 23.3 Å². The molecule has 0 aromatic carbocycles. The Labute approximate surface area is 142 Å². The van der Waals surface area contributed by atoms with Gasteiger partial charge in [-0.3, -0.25) is 0 Å². The molecule has 0 unspecified atom stereocenters. The van der Waals surface area contributed by atoms with Crippen molar-refractivity contribution in [3.63, 3.8) is 0 Å². The van der Waals surface area contributed by atoms with Crippen LogP contribution < -0.4 is 5.32 Å². The van der Waals surface area contributed by atoms with E-state index >= 15 is 0 Å². The zero-order valence-corrected chi connectivity index (χ0v) is 13.8. The van der Waals surface area contributed by atoms with Crippen molar-refractivity contribution in [1.29, 1.82) is 5.26 Å². The molecule has 1 fully saturated rings. The Morgan fingerprint density at radius 3 is 2.80 bits per heavy atom. The molecule has 0 radical (unpaired) electrons. The SMILES string of the molecule is CC(C)c1c(C#N)c(F)c2cnc(N[C@@H]3CCC(F)(F)C[C@H]3O)nn12. The maximum absolute atomic E-state index is 14.3. The number of halogens is 3. The highest BCUT2D eigenvalue weighted by Crippen LogP contribution is 2.34. The van der Waals surface area contributed by atoms with E-state index in [1.54, 1.807) is 0 Å². The number of aliphatic hydroxyl groups excluding tert-OH is 1. The molecule has 9 heteroatoms. The summed E-state index contributed by atoms with van der Waals surface area (Å²) < 4.78 is 42.2. The predicted molar refractivity (Wildman–Crippen MR) is 84.0 cm³/mol. The molecule has 0 amide bonds. The Morgan fingerprint density at radius 2 is 2.20 bits per heavy atom. The second-order valence-corrected chi connectivity index (χ2v) is 6.64. The first-order valence-corrected chi connectivity index (χ1v) is 8.03. The molecule has 2 N–H and O–H groups in total. The van der Waals surface area contributed by atoms with E-state index in [1.165, 1.54) is 10.7 Å². The summed E-state index contributed by atoms with van der Waals surface area (Å²) in [4.78, 5) is 3.99. The second kappa shape index (κ2) is 6.19. The molecule has 0 bridgehead atoms. The maximum Gasteiger partial charge on any atom is 0.250 e. The molecule has 0 saturated heterocycles. The first-order chi connectivity index (χ1) is 11.7. The molecule has 2 atom stereocenters. The van der Waals surface area contributed by atoms with Gasteiger partial charge < -0.3 is 10.4 Å². The van der Waals surface area contributed by atoms with Gasteiger partial charge in [-0.25, -0.2) is 22.7 Å². The maximum atomic E-state index is 14.3. The molecule has 1 saturated carbocycles. The molecule has 0 aliphatic heterocycles. The van der Waals surface area contributed by atoms with E-state index in [2.05, 4.69) is 15.4 Å². The summed E-state index contributed by atoms with van der Waals surface area (Å²) in [6.45, 7) is 3.62. The summed E-state index contributed by atoms with van der Waals surface area (Å²) in [6, 6.07) is 1.23. The summed E-state index contributed by atoms with van der Waals surface area (Å²) >= 11 is 0. The number of hydrogen-bond donors (Lipinski definition) is 2. The number of nitrogens with zero attached hydrogens (tertiary/aromatic N) is 4. The Bertz CT molecular complexity index is 842. The largest absolute Gasteiger partial charge is 0.391 e. The van der Waals surface area contributed by atoms with Crippen molar-refractivity contribution in [1.82, 2.24) is 14.6 Å². The number of hydrogen-bond acceptors (Lipinski definition) is 5. The Kier molecular flexibility index (Phi) is 4.33. The fraction of sp³-hybridized carbons (Fsp3) is 0.562. The summed E-state index contributed by atoms with van der Waals surface area (Å²) in [6.07, 6.45) is -0.889. The lowest BCUT2D eigenvalue weighted by atomic mass is 9.90. The lowest BCUT2D eigenvalue weighted by Crippen LogP contribution is -2.44. The third-order valence-corrected chi connectivity index (χ3v) is 4.43. The van der Waals surface area contributed by atoms with Crippen molar-refractivity contribution in [2.75, 3.05) is 5.32 Å². The molecule has 2 aromatic heterocycles. The fourth-order valence-electron chi connectivity index (χ4n) is 3.18. The molecule has 25 heavy (non-hydrogen) atoms. The van der Waals surface area contributed by atoms with Gasteiger partial charge in [-0.15, -0.1) is 5.10 Å². The van der Waals surface area contributed by atoms with Gasteiger partial charge in [0.15, 0.2) is 5.82 Å². The lowest BCUT2D eigenvalue weighted by Gasteiger charge is -2.33. The van der Waals surface area contributed by atoms with Crippen molar-refractivity contribution >= 4 is 11.5 Å². The van der Waals surface area contributed by atoms with E-state index in [0.29, 0.717) is 5.69 Å². The topological polar surface area (TPSA) is 86.2 Å². The molecule has 0 spiro atoms. The number of aliphatic hydroxyl groups is 1. The Balaban J connectivity index is 1.94. The third-order valence-electron chi connectivity index (χ3n) is 4.43. The predicted octanol–water partition coefficient (Wildman–Crippen LogP) is 2.82. The first kappa shape index (κ1) is 17.5. The molecule has 2 heterocycles. The van der Waals surface area contributed by atoms with Gasteiger partial charge in [0.05, 0.1) is 24.0 Å². The van der Waals surface area contributed by atoms with Crippen LogP contribution in [-0.2, 0) is 0 Å². The summed E-state index contributed by atoms with van der Waals surface area (Å²) in [5.41, 5.74) is 0.400. The van der Waals surface area contributed by atoms with Crippen LogP contribution in [0.3, 0.4) is 0 Å². The molecule has 3 rings (SSSR count). The van der Waals surface area contributed by atoms with Crippen LogP contribution in [0.25, 0.3) is 5.52 Å². The van der Waals surface area contributed by atoms with Crippen LogP contribution in [-0.4, -0.2) is 37.8 Å². The van der Waals surface area contributed by atoms with Crippen LogP contribution in [0, 0.1) is 17.1 Å². The van der Waals surface area contributed by atoms with Crippen LogP contribution >= 0.6 is 0 Å². The van der Waals surface area contributed by atoms with Crippen LogP contribution in [0.4, 0.5) is 19.1 Å². The van der Waals surface area contributed by atoms with Crippen LogP contribution in [0.2, 0.25) is 0 Å². The number of anilines is 1. The van der Waals surface area contributed by atoms with Gasteiger partial charge in [0, 0.05) is 12.8 Å². The molecule has 134 valence electrons. The minimum Gasteiger partial charge on any atom is -0.391 e. The highest BCUT2D eigenvalue weighted by molar-refractivity contribution is 5.58. The third kappa shape index (κ3) is 3.14. The Morgan fingerprint density at radius 1 is 1.48 bits per heavy atom. The Hall–Kier alpha value is -2.34. The second-order valence-electron chi connectivity index (χ2n) is 6.64. The highest BCUT2D eigenvalue weighted by Gasteiger charge is 2.41. The quantitative estimate of drug-likeness (QED) is 0.886. The normalized spacial score (nSPS) is 23.0. The molecule has 1 aliphatic carbocycles. The number of nitriles is 1. The minimum atomic E-state index is -2.88. The van der Waals surface area contributed by atoms with Crippen LogP contribution in [0.1, 0.15) is 50.3 Å². The number of fused-ring (bicyclic) bond motifs is 1. The van der Waals surface area contributed by atoms with Crippen LogP contribution in [0.15, 0.2) is 6.20 Å². The fourth-order valence-corrected chi connectivity index (χ4v) is 3.18. The van der Waals surface area contributed by atoms with E-state index in [9.17, 15) is 23.5 Å². The van der Waals surface area contributed by atoms with Gasteiger partial charge in [0.2, 0.25) is 5.95 Å². The van der Waals surface area contributed by atoms with E-state index in [0.717, 1.165) is 0 Å². The number of rotatable bonds is 3. The smallest absolute Gasteiger partial charge is 0.250 e. The monoisotopic (exact) mass is 353 g/mol. The highest BCUT2D eigenvalue weighted by atomic mass is 19.3. The minimum absolute atomic E-state index is 0.0656. The number of nitrogens with one attached hydrogen (secondary N) is 1. The standard InChI is InChI=1S/C16H18F3N5O/c1-8(2)14-9(6-20)13(17)11-7-21-15(23-24(11)14)22-10-3-4-16(18,19)5-12(10)25/h7-8,10,12,25H,3-5H2,1-2H3,(H,22,23)/t10-,12-/m1/s1. The van der Waals surface area contributed by atoms with Gasteiger partial charge in [0.25, 0.3) is 5.92 Å². The molecule has 6 nitrogen and oxygen atoms in total. The van der Waals surface area contributed by atoms with Crippen molar-refractivity contribution in [2.45, 2.75) is 57.1 Å². The summed E-state index contributed by atoms with van der Waals surface area (Å²) in [5, 5.41) is 26.1. The van der Waals surface area contributed by atoms with Crippen LogP contribution in [0.5, 0.6) is 0 Å². The van der Waals surface area contributed by atoms with Gasteiger partial charge in [0.1, 0.15) is 17.1 Å². The van der Waals surface area contributed by atoms with Gasteiger partial charge in [-0.2, -0.15) is 5.26 Å². The lowest BCUT2D eigenvalue weighted by molar-refractivity contribution is -0.0800. The van der Waals surface area contributed by atoms with Crippen molar-refractivity contribution in [3.8, 4) is 6.07 Å². The first-order valence-electron chi connectivity index (χ1n) is 8.03. The average molecular weight is 353 g/mol. The number of aromatic nitrogens is 3. The molecule has 1 aliphatic rings. The zero-order valence-electron chi connectivity index (χ0n) is 13.8. The van der Waals surface area contributed by atoms with E-state index in [-0.39, 0.29) is 35.8 Å². The number of alkyl halides is 2. The van der Waals surface area contributed by atoms with Gasteiger partial charge in [-0.05, 0) is 12.3 Å². The average Bonchev–Trinajstić information content (AvgIpc) is 2.81. The molecule has 2 aromatic rings. The van der Waals surface area contributed by atoms with Gasteiger partial charge in [-0.1, -0.05) is 13.8 Å². The molecular weight excluding hydrogens is 335 g/mol. The zero-order chi connectivity index (χ0) is 18.4. The van der Waals surface area contributed by atoms with E-state index in [4.69, 9.17) is 0 Å².